The smallest absolute Gasteiger partial charge is 0.257 e. The SMILES string of the molecule is COc1ccc(C(=O)N2CC(N3C(=O)C4CC=CCC4C3=O)C2)c(OC)c1. The maximum Gasteiger partial charge on any atom is 0.257 e. The molecule has 0 radical (unpaired) electrons. The van der Waals surface area contributed by atoms with Crippen molar-refractivity contribution in [2.45, 2.75) is 18.9 Å². The average Bonchev–Trinajstić information content (AvgIpc) is 2.91. The lowest BCUT2D eigenvalue weighted by molar-refractivity contribution is -0.145. The number of allylic oxidation sites excluding steroid dienone is 2. The molecule has 1 aromatic rings. The monoisotopic (exact) mass is 370 g/mol. The van der Waals surface area contributed by atoms with Gasteiger partial charge in [0, 0.05) is 19.2 Å². The van der Waals surface area contributed by atoms with Gasteiger partial charge in [-0.2, -0.15) is 0 Å². The van der Waals surface area contributed by atoms with Gasteiger partial charge >= 0.3 is 0 Å². The number of carbonyl (C=O) groups excluding carboxylic acids is 3. The molecule has 2 atom stereocenters. The maximum atomic E-state index is 12.8. The molecular weight excluding hydrogens is 348 g/mol. The van der Waals surface area contributed by atoms with E-state index in [1.54, 1.807) is 30.2 Å². The molecule has 1 aliphatic carbocycles. The molecule has 0 saturated carbocycles. The third kappa shape index (κ3) is 2.78. The lowest BCUT2D eigenvalue weighted by Gasteiger charge is -2.43. The molecule has 1 aromatic carbocycles. The van der Waals surface area contributed by atoms with Crippen LogP contribution in [0.2, 0.25) is 0 Å². The first kappa shape index (κ1) is 17.6. The predicted molar refractivity (Wildman–Crippen MR) is 96.4 cm³/mol. The zero-order valence-corrected chi connectivity index (χ0v) is 15.4. The van der Waals surface area contributed by atoms with Crippen molar-refractivity contribution in [1.82, 2.24) is 9.80 Å². The molecule has 0 spiro atoms. The molecule has 0 bridgehead atoms. The van der Waals surface area contributed by atoms with Crippen LogP contribution in [0.25, 0.3) is 0 Å². The van der Waals surface area contributed by atoms with Gasteiger partial charge in [-0.05, 0) is 25.0 Å². The number of rotatable bonds is 4. The lowest BCUT2D eigenvalue weighted by atomic mass is 9.85. The van der Waals surface area contributed by atoms with E-state index in [1.165, 1.54) is 12.0 Å². The van der Waals surface area contributed by atoms with Crippen LogP contribution in [0.5, 0.6) is 11.5 Å². The van der Waals surface area contributed by atoms with E-state index in [2.05, 4.69) is 0 Å². The number of nitrogens with zero attached hydrogens (tertiary/aromatic N) is 2. The Bertz CT molecular complexity index is 802. The number of carbonyl (C=O) groups is 3. The Morgan fingerprint density at radius 3 is 2.19 bits per heavy atom. The summed E-state index contributed by atoms with van der Waals surface area (Å²) in [6.45, 7) is 0.719. The van der Waals surface area contributed by atoms with Crippen molar-refractivity contribution >= 4 is 17.7 Å². The zero-order valence-electron chi connectivity index (χ0n) is 15.4. The second kappa shape index (κ2) is 6.72. The molecule has 4 rings (SSSR count). The molecule has 7 nitrogen and oxygen atoms in total. The van der Waals surface area contributed by atoms with Crippen molar-refractivity contribution in [1.29, 1.82) is 0 Å². The van der Waals surface area contributed by atoms with Crippen molar-refractivity contribution in [3.63, 3.8) is 0 Å². The van der Waals surface area contributed by atoms with Crippen molar-refractivity contribution in [3.8, 4) is 11.5 Å². The minimum atomic E-state index is -0.233. The lowest BCUT2D eigenvalue weighted by Crippen LogP contribution is -2.62. The van der Waals surface area contributed by atoms with E-state index in [-0.39, 0.29) is 35.6 Å². The van der Waals surface area contributed by atoms with Crippen LogP contribution in [-0.2, 0) is 9.59 Å². The summed E-state index contributed by atoms with van der Waals surface area (Å²) in [5, 5.41) is 0. The fraction of sp³-hybridized carbons (Fsp3) is 0.450. The van der Waals surface area contributed by atoms with Crippen LogP contribution in [-0.4, -0.2) is 60.9 Å². The van der Waals surface area contributed by atoms with Crippen LogP contribution >= 0.6 is 0 Å². The van der Waals surface area contributed by atoms with Crippen LogP contribution in [0.15, 0.2) is 30.4 Å². The third-order valence-corrected chi connectivity index (χ3v) is 5.70. The maximum absolute atomic E-state index is 12.8. The van der Waals surface area contributed by atoms with Crippen molar-refractivity contribution in [3.05, 3.63) is 35.9 Å². The number of ether oxygens (including phenoxy) is 2. The van der Waals surface area contributed by atoms with E-state index < -0.39 is 0 Å². The van der Waals surface area contributed by atoms with Crippen LogP contribution in [0.1, 0.15) is 23.2 Å². The third-order valence-electron chi connectivity index (χ3n) is 5.70. The first-order valence-corrected chi connectivity index (χ1v) is 9.08. The van der Waals surface area contributed by atoms with Gasteiger partial charge in [-0.15, -0.1) is 0 Å². The van der Waals surface area contributed by atoms with Crippen molar-refractivity contribution in [2.24, 2.45) is 11.8 Å². The van der Waals surface area contributed by atoms with E-state index in [9.17, 15) is 14.4 Å². The van der Waals surface area contributed by atoms with Crippen molar-refractivity contribution in [2.75, 3.05) is 27.3 Å². The Hall–Kier alpha value is -2.83. The Labute approximate surface area is 157 Å². The molecule has 2 fully saturated rings. The van der Waals surface area contributed by atoms with Gasteiger partial charge in [0.1, 0.15) is 11.5 Å². The van der Waals surface area contributed by atoms with Gasteiger partial charge in [-0.25, -0.2) is 0 Å². The first-order chi connectivity index (χ1) is 13.0. The summed E-state index contributed by atoms with van der Waals surface area (Å²) in [4.78, 5) is 41.1. The van der Waals surface area contributed by atoms with Crippen LogP contribution in [0.4, 0.5) is 0 Å². The summed E-state index contributed by atoms with van der Waals surface area (Å²) < 4.78 is 10.5. The first-order valence-electron chi connectivity index (χ1n) is 9.08. The fourth-order valence-corrected chi connectivity index (χ4v) is 4.12. The van der Waals surface area contributed by atoms with Gasteiger partial charge in [0.15, 0.2) is 0 Å². The number of hydrogen-bond donors (Lipinski definition) is 0. The van der Waals surface area contributed by atoms with E-state index in [0.717, 1.165) is 0 Å². The molecule has 2 saturated heterocycles. The van der Waals surface area contributed by atoms with E-state index in [4.69, 9.17) is 9.47 Å². The highest BCUT2D eigenvalue weighted by Gasteiger charge is 2.52. The van der Waals surface area contributed by atoms with Crippen LogP contribution in [0.3, 0.4) is 0 Å². The average molecular weight is 370 g/mol. The number of likely N-dealkylation sites (tertiary alicyclic amines) is 2. The molecule has 3 amide bonds. The Kier molecular flexibility index (Phi) is 4.37. The molecule has 2 heterocycles. The Morgan fingerprint density at radius 2 is 1.63 bits per heavy atom. The summed E-state index contributed by atoms with van der Waals surface area (Å²) in [5.41, 5.74) is 0.439. The number of amides is 3. The Balaban J connectivity index is 1.45. The van der Waals surface area contributed by atoms with Gasteiger partial charge in [-0.1, -0.05) is 12.2 Å². The number of fused-ring (bicyclic) bond motifs is 1. The molecular formula is C20H22N2O5. The molecule has 7 heteroatoms. The summed E-state index contributed by atoms with van der Waals surface area (Å²) >= 11 is 0. The van der Waals surface area contributed by atoms with Crippen LogP contribution in [0, 0.1) is 11.8 Å². The minimum Gasteiger partial charge on any atom is -0.497 e. The standard InChI is InChI=1S/C20H22N2O5/c1-26-13-7-8-16(17(9-13)27-2)18(23)21-10-12(11-21)22-19(24)14-5-3-4-6-15(14)20(22)25/h3-4,7-9,12,14-15H,5-6,10-11H2,1-2H3. The second-order valence-corrected chi connectivity index (χ2v) is 7.13. The van der Waals surface area contributed by atoms with E-state index in [1.807, 2.05) is 12.2 Å². The van der Waals surface area contributed by atoms with Gasteiger partial charge in [-0.3, -0.25) is 19.3 Å². The number of benzene rings is 1. The van der Waals surface area contributed by atoms with E-state index >= 15 is 0 Å². The largest absolute Gasteiger partial charge is 0.497 e. The molecule has 142 valence electrons. The molecule has 2 aliphatic heterocycles. The summed E-state index contributed by atoms with van der Waals surface area (Å²) in [6, 6.07) is 4.80. The quantitative estimate of drug-likeness (QED) is 0.593. The highest BCUT2D eigenvalue weighted by atomic mass is 16.5. The highest BCUT2D eigenvalue weighted by molar-refractivity contribution is 6.06. The summed E-state index contributed by atoms with van der Waals surface area (Å²) in [5.74, 6) is 0.233. The normalized spacial score (nSPS) is 24.7. The molecule has 27 heavy (non-hydrogen) atoms. The summed E-state index contributed by atoms with van der Waals surface area (Å²) in [7, 11) is 3.05. The van der Waals surface area contributed by atoms with Gasteiger partial charge < -0.3 is 14.4 Å². The summed E-state index contributed by atoms with van der Waals surface area (Å²) in [6.07, 6.45) is 5.21. The highest BCUT2D eigenvalue weighted by Crippen LogP contribution is 2.38. The topological polar surface area (TPSA) is 76.2 Å². The molecule has 2 unspecified atom stereocenters. The van der Waals surface area contributed by atoms with E-state index in [0.29, 0.717) is 43.0 Å². The van der Waals surface area contributed by atoms with Gasteiger partial charge in [0.05, 0.1) is 37.7 Å². The minimum absolute atomic E-state index is 0.0894. The zero-order chi connectivity index (χ0) is 19.1. The molecule has 0 N–H and O–H groups in total. The number of imide groups is 1. The predicted octanol–water partition coefficient (Wildman–Crippen LogP) is 1.48. The fourth-order valence-electron chi connectivity index (χ4n) is 4.12. The number of methoxy groups -OCH3 is 2. The van der Waals surface area contributed by atoms with Crippen LogP contribution < -0.4 is 9.47 Å². The Morgan fingerprint density at radius 1 is 1.00 bits per heavy atom. The second-order valence-electron chi connectivity index (χ2n) is 7.13. The number of hydrogen-bond acceptors (Lipinski definition) is 5. The molecule has 3 aliphatic rings. The van der Waals surface area contributed by atoms with Gasteiger partial charge in [0.25, 0.3) is 5.91 Å². The molecule has 0 aromatic heterocycles. The van der Waals surface area contributed by atoms with Crippen molar-refractivity contribution < 1.29 is 23.9 Å². The van der Waals surface area contributed by atoms with Gasteiger partial charge in [0.2, 0.25) is 11.8 Å².